The predicted molar refractivity (Wildman–Crippen MR) is 97.6 cm³/mol. The van der Waals surface area contributed by atoms with Crippen molar-refractivity contribution < 1.29 is 9.53 Å². The summed E-state index contributed by atoms with van der Waals surface area (Å²) in [4.78, 5) is 12.0. The van der Waals surface area contributed by atoms with Gasteiger partial charge in [-0.05, 0) is 30.5 Å². The largest absolute Gasteiger partial charge is 0.482 e. The molecule has 2 aromatic rings. The van der Waals surface area contributed by atoms with Crippen LogP contribution < -0.4 is 10.2 Å². The summed E-state index contributed by atoms with van der Waals surface area (Å²) in [6, 6.07) is 16.9. The maximum absolute atomic E-state index is 12.0. The van der Waals surface area contributed by atoms with Crippen LogP contribution in [-0.4, -0.2) is 18.2 Å². The van der Waals surface area contributed by atoms with Gasteiger partial charge in [-0.25, -0.2) is 5.43 Å². The zero-order chi connectivity index (χ0) is 17.2. The second-order valence-electron chi connectivity index (χ2n) is 5.28. The van der Waals surface area contributed by atoms with Gasteiger partial charge in [0.25, 0.3) is 5.91 Å². The van der Waals surface area contributed by atoms with Crippen LogP contribution in [0.1, 0.15) is 31.7 Å². The van der Waals surface area contributed by atoms with E-state index < -0.39 is 0 Å². The Hall–Kier alpha value is -2.33. The summed E-state index contributed by atoms with van der Waals surface area (Å²) in [6.45, 7) is 1.99. The summed E-state index contributed by atoms with van der Waals surface area (Å²) in [6.07, 6.45) is 2.89. The molecular formula is C19H21ClN2O2. The van der Waals surface area contributed by atoms with Crippen LogP contribution in [0.4, 0.5) is 0 Å². The number of carbonyl (C=O) groups is 1. The summed E-state index contributed by atoms with van der Waals surface area (Å²) in [5.74, 6) is 0.160. The van der Waals surface area contributed by atoms with Crippen LogP contribution in [-0.2, 0) is 4.79 Å². The fourth-order valence-electron chi connectivity index (χ4n) is 2.11. The summed E-state index contributed by atoms with van der Waals surface area (Å²) in [7, 11) is 0. The molecule has 2 rings (SSSR count). The Morgan fingerprint density at radius 1 is 1.12 bits per heavy atom. The number of halogens is 1. The van der Waals surface area contributed by atoms with Gasteiger partial charge in [0.1, 0.15) is 5.75 Å². The van der Waals surface area contributed by atoms with Gasteiger partial charge in [0, 0.05) is 0 Å². The van der Waals surface area contributed by atoms with E-state index in [0.29, 0.717) is 10.8 Å². The minimum atomic E-state index is -0.320. The van der Waals surface area contributed by atoms with Crippen molar-refractivity contribution in [2.75, 3.05) is 6.61 Å². The number of carbonyl (C=O) groups excluding carboxylic acids is 1. The lowest BCUT2D eigenvalue weighted by molar-refractivity contribution is -0.123. The maximum Gasteiger partial charge on any atom is 0.277 e. The van der Waals surface area contributed by atoms with Gasteiger partial charge >= 0.3 is 0 Å². The Morgan fingerprint density at radius 2 is 1.83 bits per heavy atom. The molecule has 0 spiro atoms. The van der Waals surface area contributed by atoms with Gasteiger partial charge in [-0.3, -0.25) is 4.79 Å². The summed E-state index contributed by atoms with van der Waals surface area (Å²) < 4.78 is 5.40. The second kappa shape index (κ2) is 9.73. The highest BCUT2D eigenvalue weighted by molar-refractivity contribution is 6.32. The molecule has 24 heavy (non-hydrogen) atoms. The topological polar surface area (TPSA) is 50.7 Å². The number of hydrazone groups is 1. The molecule has 0 aliphatic heterocycles. The number of nitrogens with one attached hydrogen (secondary N) is 1. The third-order valence-electron chi connectivity index (χ3n) is 3.39. The smallest absolute Gasteiger partial charge is 0.277 e. The zero-order valence-electron chi connectivity index (χ0n) is 13.7. The molecule has 0 atom stereocenters. The number of rotatable bonds is 8. The Labute approximate surface area is 147 Å². The number of para-hydroxylation sites is 1. The molecule has 1 amide bonds. The lowest BCUT2D eigenvalue weighted by atomic mass is 10.1. The minimum Gasteiger partial charge on any atom is -0.482 e. The van der Waals surface area contributed by atoms with Crippen molar-refractivity contribution in [3.05, 3.63) is 65.2 Å². The van der Waals surface area contributed by atoms with E-state index in [4.69, 9.17) is 16.3 Å². The number of nitrogens with zero attached hydrogens (tertiary/aromatic N) is 1. The van der Waals surface area contributed by atoms with Crippen molar-refractivity contribution in [2.45, 2.75) is 26.2 Å². The first kappa shape index (κ1) is 18.0. The summed E-state index contributed by atoms with van der Waals surface area (Å²) in [5.41, 5.74) is 4.44. The highest BCUT2D eigenvalue weighted by Gasteiger charge is 2.07. The Bertz CT molecular complexity index is 687. The maximum atomic E-state index is 12.0. The van der Waals surface area contributed by atoms with E-state index >= 15 is 0 Å². The molecule has 0 unspecified atom stereocenters. The molecule has 0 fully saturated rings. The van der Waals surface area contributed by atoms with Crippen molar-refractivity contribution in [2.24, 2.45) is 5.10 Å². The van der Waals surface area contributed by atoms with Gasteiger partial charge in [0.2, 0.25) is 0 Å². The van der Waals surface area contributed by atoms with Gasteiger partial charge in [0.15, 0.2) is 6.61 Å². The first-order valence-electron chi connectivity index (χ1n) is 7.99. The quantitative estimate of drug-likeness (QED) is 0.569. The molecule has 126 valence electrons. The lowest BCUT2D eigenvalue weighted by Crippen LogP contribution is -2.26. The third-order valence-corrected chi connectivity index (χ3v) is 3.70. The number of unbranched alkanes of at least 4 members (excludes halogenated alkanes) is 1. The van der Waals surface area contributed by atoms with Crippen molar-refractivity contribution in [3.8, 4) is 5.75 Å². The molecule has 0 heterocycles. The normalized spacial score (nSPS) is 11.2. The van der Waals surface area contributed by atoms with E-state index in [1.54, 1.807) is 24.3 Å². The molecule has 5 heteroatoms. The molecule has 0 aromatic heterocycles. The fraction of sp³-hybridized carbons (Fsp3) is 0.263. The lowest BCUT2D eigenvalue weighted by Gasteiger charge is -2.09. The van der Waals surface area contributed by atoms with Gasteiger partial charge in [-0.15, -0.1) is 0 Å². The molecule has 0 radical (unpaired) electrons. The number of amides is 1. The van der Waals surface area contributed by atoms with Crippen molar-refractivity contribution in [1.82, 2.24) is 5.43 Å². The molecule has 1 N–H and O–H groups in total. The van der Waals surface area contributed by atoms with Crippen molar-refractivity contribution in [1.29, 1.82) is 0 Å². The van der Waals surface area contributed by atoms with Gasteiger partial charge in [0.05, 0.1) is 10.7 Å². The van der Waals surface area contributed by atoms with Crippen molar-refractivity contribution in [3.63, 3.8) is 0 Å². The standard InChI is InChI=1S/C19H21ClN2O2/c1-2-3-12-17(15-9-5-4-6-10-15)21-22-19(23)14-24-18-13-8-7-11-16(18)20/h4-11,13H,2-3,12,14H2,1H3,(H,22,23)/b21-17+. The van der Waals surface area contributed by atoms with E-state index in [0.717, 1.165) is 30.5 Å². The molecule has 0 aliphatic carbocycles. The van der Waals surface area contributed by atoms with Gasteiger partial charge < -0.3 is 4.74 Å². The van der Waals surface area contributed by atoms with Crippen LogP contribution in [0.5, 0.6) is 5.75 Å². The number of ether oxygens (including phenoxy) is 1. The van der Waals surface area contributed by atoms with Crippen LogP contribution in [0.25, 0.3) is 0 Å². The van der Waals surface area contributed by atoms with E-state index in [1.807, 2.05) is 30.3 Å². The average molecular weight is 345 g/mol. The van der Waals surface area contributed by atoms with E-state index in [2.05, 4.69) is 17.5 Å². The molecule has 4 nitrogen and oxygen atoms in total. The highest BCUT2D eigenvalue weighted by atomic mass is 35.5. The SMILES string of the molecule is CCCC/C(=N\NC(=O)COc1ccccc1Cl)c1ccccc1. The Kier molecular flexibility index (Phi) is 7.30. The zero-order valence-corrected chi connectivity index (χ0v) is 14.4. The molecule has 0 aliphatic rings. The van der Waals surface area contributed by atoms with E-state index in [9.17, 15) is 4.79 Å². The molecule has 0 saturated heterocycles. The third kappa shape index (κ3) is 5.70. The minimum absolute atomic E-state index is 0.136. The van der Waals surface area contributed by atoms with Crippen molar-refractivity contribution >= 4 is 23.2 Å². The molecular weight excluding hydrogens is 324 g/mol. The van der Waals surface area contributed by atoms with Crippen LogP contribution in [0.3, 0.4) is 0 Å². The fourth-order valence-corrected chi connectivity index (χ4v) is 2.30. The van der Waals surface area contributed by atoms with E-state index in [1.165, 1.54) is 0 Å². The second-order valence-corrected chi connectivity index (χ2v) is 5.69. The summed E-state index contributed by atoms with van der Waals surface area (Å²) >= 11 is 5.99. The number of hydrogen-bond donors (Lipinski definition) is 1. The summed E-state index contributed by atoms with van der Waals surface area (Å²) in [5, 5.41) is 4.74. The first-order chi connectivity index (χ1) is 11.7. The Balaban J connectivity index is 1.95. The first-order valence-corrected chi connectivity index (χ1v) is 8.36. The monoisotopic (exact) mass is 344 g/mol. The predicted octanol–water partition coefficient (Wildman–Crippen LogP) is 4.43. The van der Waals surface area contributed by atoms with E-state index in [-0.39, 0.29) is 12.5 Å². The number of benzene rings is 2. The Morgan fingerprint density at radius 3 is 2.54 bits per heavy atom. The van der Waals surface area contributed by atoms with Gasteiger partial charge in [-0.1, -0.05) is 67.4 Å². The van der Waals surface area contributed by atoms with Crippen LogP contribution in [0, 0.1) is 0 Å². The molecule has 0 bridgehead atoms. The van der Waals surface area contributed by atoms with Crippen LogP contribution >= 0.6 is 11.6 Å². The highest BCUT2D eigenvalue weighted by Crippen LogP contribution is 2.22. The molecule has 0 saturated carbocycles. The average Bonchev–Trinajstić information content (AvgIpc) is 2.62. The van der Waals surface area contributed by atoms with Crippen LogP contribution in [0.2, 0.25) is 5.02 Å². The van der Waals surface area contributed by atoms with Gasteiger partial charge in [-0.2, -0.15) is 5.10 Å². The molecule has 2 aromatic carbocycles. The number of hydrogen-bond acceptors (Lipinski definition) is 3. The van der Waals surface area contributed by atoms with Crippen LogP contribution in [0.15, 0.2) is 59.7 Å².